The molecule has 0 bridgehead atoms. The highest BCUT2D eigenvalue weighted by Crippen LogP contribution is 2.41. The average Bonchev–Trinajstić information content (AvgIpc) is 3.14. The normalized spacial score (nSPS) is 26.0. The summed E-state index contributed by atoms with van der Waals surface area (Å²) in [6.45, 7) is 1.85. The van der Waals surface area contributed by atoms with E-state index in [9.17, 15) is 13.6 Å². The van der Waals surface area contributed by atoms with Crippen molar-refractivity contribution in [2.45, 2.75) is 43.6 Å². The maximum Gasteiger partial charge on any atom is 0.280 e. The van der Waals surface area contributed by atoms with Crippen LogP contribution in [0.5, 0.6) is 0 Å². The van der Waals surface area contributed by atoms with Crippen molar-refractivity contribution in [1.29, 1.82) is 0 Å². The third kappa shape index (κ3) is 2.19. The molecule has 2 aromatic heterocycles. The Balaban J connectivity index is 1.58. The van der Waals surface area contributed by atoms with Gasteiger partial charge in [-0.15, -0.1) is 0 Å². The largest absolute Gasteiger partial charge is 0.379 e. The van der Waals surface area contributed by atoms with Gasteiger partial charge < -0.3 is 9.64 Å². The summed E-state index contributed by atoms with van der Waals surface area (Å²) in [6.07, 6.45) is 2.35. The molecule has 8 heteroatoms. The summed E-state index contributed by atoms with van der Waals surface area (Å²) in [5.74, 6) is 0.0337. The number of hydrogen-bond acceptors (Lipinski definition) is 4. The van der Waals surface area contributed by atoms with Crippen molar-refractivity contribution >= 4 is 11.6 Å². The number of carbonyl (C=O) groups excluding carboxylic acids is 1. The van der Waals surface area contributed by atoms with Crippen molar-refractivity contribution in [1.82, 2.24) is 19.5 Å². The number of halogens is 2. The number of fused-ring (bicyclic) bond motifs is 1. The molecule has 2 aliphatic heterocycles. The van der Waals surface area contributed by atoms with E-state index in [1.807, 2.05) is 0 Å². The molecule has 6 nitrogen and oxygen atoms in total. The van der Waals surface area contributed by atoms with Gasteiger partial charge in [-0.3, -0.25) is 4.79 Å². The molecule has 0 aromatic carbocycles. The van der Waals surface area contributed by atoms with E-state index in [1.165, 1.54) is 12.3 Å². The Morgan fingerprint density at radius 1 is 1.36 bits per heavy atom. The molecule has 132 valence electrons. The Kier molecular flexibility index (Phi) is 3.16. The molecule has 25 heavy (non-hydrogen) atoms. The summed E-state index contributed by atoms with van der Waals surface area (Å²) in [5, 5.41) is 4.03. The van der Waals surface area contributed by atoms with Gasteiger partial charge in [-0.2, -0.15) is 5.10 Å². The van der Waals surface area contributed by atoms with Gasteiger partial charge in [0.25, 0.3) is 12.3 Å². The number of carbonyl (C=O) groups is 1. The minimum absolute atomic E-state index is 0.188. The van der Waals surface area contributed by atoms with Crippen molar-refractivity contribution < 1.29 is 18.3 Å². The number of hydrogen-bond donors (Lipinski definition) is 0. The van der Waals surface area contributed by atoms with Crippen molar-refractivity contribution in [3.05, 3.63) is 29.2 Å². The van der Waals surface area contributed by atoms with E-state index in [0.717, 1.165) is 30.2 Å². The van der Waals surface area contributed by atoms with Gasteiger partial charge in [-0.05, 0) is 31.7 Å². The lowest BCUT2D eigenvalue weighted by atomic mass is 9.83. The minimum atomic E-state index is -2.66. The fourth-order valence-electron chi connectivity index (χ4n) is 3.91. The molecule has 1 aliphatic carbocycles. The summed E-state index contributed by atoms with van der Waals surface area (Å²) in [7, 11) is 0. The van der Waals surface area contributed by atoms with Crippen molar-refractivity contribution in [3.8, 4) is 0 Å². The lowest BCUT2D eigenvalue weighted by Crippen LogP contribution is -2.62. The number of ether oxygens (including phenoxy) is 1. The molecular weight excluding hydrogens is 330 g/mol. The van der Waals surface area contributed by atoms with Crippen LogP contribution in [0.2, 0.25) is 0 Å². The van der Waals surface area contributed by atoms with Gasteiger partial charge in [0.05, 0.1) is 18.3 Å². The lowest BCUT2D eigenvalue weighted by Gasteiger charge is -2.49. The monoisotopic (exact) mass is 348 g/mol. The van der Waals surface area contributed by atoms with Crippen molar-refractivity contribution in [3.63, 3.8) is 0 Å². The van der Waals surface area contributed by atoms with Crippen LogP contribution in [0.4, 0.5) is 8.78 Å². The van der Waals surface area contributed by atoms with Gasteiger partial charge in [0.1, 0.15) is 11.3 Å². The van der Waals surface area contributed by atoms with E-state index in [0.29, 0.717) is 31.0 Å². The molecule has 2 aromatic rings. The Hall–Kier alpha value is -2.09. The molecule has 1 spiro atoms. The van der Waals surface area contributed by atoms with Crippen molar-refractivity contribution in [2.24, 2.45) is 0 Å². The highest BCUT2D eigenvalue weighted by molar-refractivity contribution is 6.00. The average molecular weight is 348 g/mol. The summed E-state index contributed by atoms with van der Waals surface area (Å²) >= 11 is 0. The summed E-state index contributed by atoms with van der Waals surface area (Å²) < 4.78 is 33.5. The maximum absolute atomic E-state index is 13.4. The molecule has 1 unspecified atom stereocenters. The van der Waals surface area contributed by atoms with Gasteiger partial charge in [-0.1, -0.05) is 0 Å². The molecule has 2 saturated heterocycles. The molecule has 1 saturated carbocycles. The fourth-order valence-corrected chi connectivity index (χ4v) is 3.91. The molecule has 1 amide bonds. The fraction of sp³-hybridized carbons (Fsp3) is 0.588. The second-order valence-electron chi connectivity index (χ2n) is 7.21. The van der Waals surface area contributed by atoms with Gasteiger partial charge in [0, 0.05) is 24.8 Å². The third-order valence-corrected chi connectivity index (χ3v) is 5.67. The number of amides is 1. The Morgan fingerprint density at radius 3 is 2.80 bits per heavy atom. The topological polar surface area (TPSA) is 59.7 Å². The number of likely N-dealkylation sites (tertiary alicyclic amines) is 1. The van der Waals surface area contributed by atoms with Gasteiger partial charge in [0.2, 0.25) is 0 Å². The van der Waals surface area contributed by atoms with Gasteiger partial charge >= 0.3 is 0 Å². The second-order valence-corrected chi connectivity index (χ2v) is 7.21. The first-order valence-corrected chi connectivity index (χ1v) is 8.65. The first-order valence-electron chi connectivity index (χ1n) is 8.65. The van der Waals surface area contributed by atoms with E-state index in [1.54, 1.807) is 4.90 Å². The zero-order valence-corrected chi connectivity index (χ0v) is 13.6. The number of nitrogens with zero attached hydrogens (tertiary/aromatic N) is 4. The maximum atomic E-state index is 13.4. The van der Waals surface area contributed by atoms with Crippen LogP contribution >= 0.6 is 0 Å². The quantitative estimate of drug-likeness (QED) is 0.855. The molecule has 0 N–H and O–H groups in total. The summed E-state index contributed by atoms with van der Waals surface area (Å²) in [5.41, 5.74) is 0.750. The van der Waals surface area contributed by atoms with Crippen LogP contribution in [0, 0.1) is 0 Å². The Morgan fingerprint density at radius 2 is 2.20 bits per heavy atom. The van der Waals surface area contributed by atoms with E-state index in [-0.39, 0.29) is 28.7 Å². The first kappa shape index (κ1) is 15.2. The highest BCUT2D eigenvalue weighted by Gasteiger charge is 2.50. The SMILES string of the molecule is O=C(c1cnn2c(C(F)F)cc(C3CC3)nc12)N1CCC12CCOC2. The standard InChI is InChI=1S/C17H18F2N4O2/c18-14(19)13-7-12(10-1-2-10)21-15-11(8-20-23(13)15)16(24)22-5-3-17(22)4-6-25-9-17/h7-8,10,14H,1-6,9H2. The Labute approximate surface area is 142 Å². The zero-order chi connectivity index (χ0) is 17.2. The van der Waals surface area contributed by atoms with E-state index >= 15 is 0 Å². The molecule has 0 radical (unpaired) electrons. The lowest BCUT2D eigenvalue weighted by molar-refractivity contribution is -0.00781. The van der Waals surface area contributed by atoms with Crippen LogP contribution < -0.4 is 0 Å². The highest BCUT2D eigenvalue weighted by atomic mass is 19.3. The van der Waals surface area contributed by atoms with E-state index in [2.05, 4.69) is 10.1 Å². The molecule has 5 rings (SSSR count). The predicted molar refractivity (Wildman–Crippen MR) is 83.7 cm³/mol. The van der Waals surface area contributed by atoms with Crippen LogP contribution in [0.25, 0.3) is 5.65 Å². The summed E-state index contributed by atoms with van der Waals surface area (Å²) in [6, 6.07) is 1.42. The summed E-state index contributed by atoms with van der Waals surface area (Å²) in [4.78, 5) is 19.3. The molecule has 1 atom stereocenters. The molecule has 4 heterocycles. The van der Waals surface area contributed by atoms with Gasteiger partial charge in [0.15, 0.2) is 5.65 Å². The second kappa shape index (κ2) is 5.20. The number of alkyl halides is 2. The zero-order valence-electron chi connectivity index (χ0n) is 13.6. The van der Waals surface area contributed by atoms with Crippen LogP contribution in [0.3, 0.4) is 0 Å². The van der Waals surface area contributed by atoms with E-state index < -0.39 is 6.43 Å². The number of rotatable bonds is 3. The Bertz CT molecular complexity index is 856. The number of aromatic nitrogens is 3. The van der Waals surface area contributed by atoms with Crippen LogP contribution in [-0.4, -0.2) is 50.7 Å². The van der Waals surface area contributed by atoms with E-state index in [4.69, 9.17) is 4.74 Å². The van der Waals surface area contributed by atoms with Crippen LogP contribution in [0.15, 0.2) is 12.3 Å². The van der Waals surface area contributed by atoms with Crippen LogP contribution in [0.1, 0.15) is 59.8 Å². The predicted octanol–water partition coefficient (Wildman–Crippen LogP) is 2.55. The van der Waals surface area contributed by atoms with Gasteiger partial charge in [-0.25, -0.2) is 18.3 Å². The minimum Gasteiger partial charge on any atom is -0.379 e. The third-order valence-electron chi connectivity index (χ3n) is 5.67. The van der Waals surface area contributed by atoms with Crippen LogP contribution in [-0.2, 0) is 4.74 Å². The smallest absolute Gasteiger partial charge is 0.280 e. The molecular formula is C17H18F2N4O2. The first-order chi connectivity index (χ1) is 12.1. The molecule has 3 fully saturated rings. The van der Waals surface area contributed by atoms with Crippen molar-refractivity contribution in [2.75, 3.05) is 19.8 Å². The molecule has 3 aliphatic rings.